The summed E-state index contributed by atoms with van der Waals surface area (Å²) in [6, 6.07) is 12.1. The Morgan fingerprint density at radius 1 is 1.11 bits per heavy atom. The van der Waals surface area contributed by atoms with Crippen molar-refractivity contribution in [3.05, 3.63) is 63.1 Å². The van der Waals surface area contributed by atoms with Crippen molar-refractivity contribution in [2.75, 3.05) is 7.11 Å². The van der Waals surface area contributed by atoms with E-state index in [0.29, 0.717) is 49.9 Å². The largest absolute Gasteiger partial charge is 0.495 e. The molecular weight excluding hydrogens is 523 g/mol. The van der Waals surface area contributed by atoms with Gasteiger partial charge in [-0.25, -0.2) is 4.98 Å². The maximum absolute atomic E-state index is 12.7. The Labute approximate surface area is 225 Å². The Hall–Kier alpha value is -2.51. The third-order valence-corrected chi connectivity index (χ3v) is 6.83. The second-order valence-electron chi connectivity index (χ2n) is 9.90. The van der Waals surface area contributed by atoms with E-state index in [1.54, 1.807) is 31.4 Å². The minimum absolute atomic E-state index is 0.373. The third-order valence-electron chi connectivity index (χ3n) is 5.97. The minimum Gasteiger partial charge on any atom is -0.495 e. The molecule has 0 saturated heterocycles. The van der Waals surface area contributed by atoms with Crippen LogP contribution in [-0.2, 0) is 4.79 Å². The van der Waals surface area contributed by atoms with Gasteiger partial charge in [0.05, 0.1) is 28.9 Å². The lowest BCUT2D eigenvalue weighted by Gasteiger charge is -2.38. The summed E-state index contributed by atoms with van der Waals surface area (Å²) in [5, 5.41) is 14.6. The van der Waals surface area contributed by atoms with Gasteiger partial charge in [0.1, 0.15) is 17.0 Å². The predicted octanol–water partition coefficient (Wildman–Crippen LogP) is 6.87. The van der Waals surface area contributed by atoms with Gasteiger partial charge in [0.25, 0.3) is 5.91 Å². The molecule has 1 aliphatic rings. The molecule has 2 N–H and O–H groups in total. The van der Waals surface area contributed by atoms with E-state index in [9.17, 15) is 9.90 Å². The molecule has 1 aromatic heterocycles. The molecule has 190 valence electrons. The fourth-order valence-corrected chi connectivity index (χ4v) is 4.84. The van der Waals surface area contributed by atoms with E-state index in [1.165, 1.54) is 13.8 Å². The number of hydrogen-bond acceptors (Lipinski definition) is 5. The summed E-state index contributed by atoms with van der Waals surface area (Å²) in [5.41, 5.74) is 1.28. The van der Waals surface area contributed by atoms with Gasteiger partial charge >= 0.3 is 0 Å². The number of aromatic nitrogens is 1. The van der Waals surface area contributed by atoms with Crippen LogP contribution >= 0.6 is 34.8 Å². The molecule has 2 aromatic carbocycles. The third kappa shape index (κ3) is 5.42. The van der Waals surface area contributed by atoms with Crippen LogP contribution in [0.4, 0.5) is 0 Å². The van der Waals surface area contributed by atoms with Crippen LogP contribution in [0.25, 0.3) is 22.4 Å². The van der Waals surface area contributed by atoms with Crippen LogP contribution in [0.5, 0.6) is 11.6 Å². The highest BCUT2D eigenvalue weighted by atomic mass is 35.5. The second kappa shape index (κ2) is 9.75. The Morgan fingerprint density at radius 3 is 2.47 bits per heavy atom. The maximum Gasteiger partial charge on any atom is 0.251 e. The summed E-state index contributed by atoms with van der Waals surface area (Å²) in [6.45, 7) is 6.74. The van der Waals surface area contributed by atoms with E-state index in [-0.39, 0.29) is 0 Å². The standard InChI is InChI=1S/C27H27Cl3N2O4/c1-26(2)13-21(31-25(33)27(3,4)34)18-12-17(14-6-9-19(29)22(10-14)35-5)23(32-24(18)36-26)16-8-7-15(28)11-20(16)30/h6-12,21,34H,13H2,1-5H3,(H,31,33). The van der Waals surface area contributed by atoms with E-state index in [1.807, 2.05) is 32.0 Å². The second-order valence-corrected chi connectivity index (χ2v) is 11.2. The molecule has 9 heteroatoms. The highest BCUT2D eigenvalue weighted by Crippen LogP contribution is 2.45. The lowest BCUT2D eigenvalue weighted by Crippen LogP contribution is -2.47. The van der Waals surface area contributed by atoms with Gasteiger partial charge in [0.2, 0.25) is 5.88 Å². The molecule has 2 heterocycles. The number of benzene rings is 2. The van der Waals surface area contributed by atoms with Crippen LogP contribution in [0, 0.1) is 0 Å². The molecule has 4 rings (SSSR count). The lowest BCUT2D eigenvalue weighted by atomic mass is 9.88. The lowest BCUT2D eigenvalue weighted by molar-refractivity contribution is -0.137. The summed E-state index contributed by atoms with van der Waals surface area (Å²) in [5.74, 6) is 0.387. The highest BCUT2D eigenvalue weighted by molar-refractivity contribution is 6.36. The number of hydrogen-bond donors (Lipinski definition) is 2. The molecule has 36 heavy (non-hydrogen) atoms. The van der Waals surface area contributed by atoms with Gasteiger partial charge in [-0.15, -0.1) is 0 Å². The number of carbonyl (C=O) groups is 1. The molecule has 6 nitrogen and oxygen atoms in total. The average molecular weight is 550 g/mol. The molecular formula is C27H27Cl3N2O4. The maximum atomic E-state index is 12.7. The number of halogens is 3. The number of ether oxygens (including phenoxy) is 2. The fraction of sp³-hybridized carbons (Fsp3) is 0.333. The number of fused-ring (bicyclic) bond motifs is 1. The number of nitrogens with one attached hydrogen (secondary N) is 1. The first kappa shape index (κ1) is 26.6. The summed E-state index contributed by atoms with van der Waals surface area (Å²) in [6.07, 6.45) is 0.480. The molecule has 1 atom stereocenters. The summed E-state index contributed by atoms with van der Waals surface area (Å²) in [7, 11) is 1.55. The molecule has 0 aliphatic carbocycles. The number of rotatable bonds is 5. The molecule has 0 saturated carbocycles. The van der Waals surface area contributed by atoms with E-state index in [4.69, 9.17) is 49.3 Å². The van der Waals surface area contributed by atoms with Gasteiger partial charge in [-0.3, -0.25) is 4.79 Å². The van der Waals surface area contributed by atoms with Crippen molar-refractivity contribution in [2.45, 2.75) is 51.4 Å². The van der Waals surface area contributed by atoms with E-state index >= 15 is 0 Å². The number of nitrogens with zero attached hydrogens (tertiary/aromatic N) is 1. The van der Waals surface area contributed by atoms with Crippen molar-refractivity contribution in [3.8, 4) is 34.0 Å². The fourth-order valence-electron chi connectivity index (χ4n) is 4.15. The zero-order valence-electron chi connectivity index (χ0n) is 20.6. The van der Waals surface area contributed by atoms with Gasteiger partial charge in [-0.05, 0) is 69.7 Å². The van der Waals surface area contributed by atoms with Crippen molar-refractivity contribution in [1.82, 2.24) is 10.3 Å². The van der Waals surface area contributed by atoms with Crippen molar-refractivity contribution in [1.29, 1.82) is 0 Å². The van der Waals surface area contributed by atoms with Gasteiger partial charge in [0.15, 0.2) is 0 Å². The quantitative estimate of drug-likeness (QED) is 0.363. The molecule has 3 aromatic rings. The number of methoxy groups -OCH3 is 1. The Kier molecular flexibility index (Phi) is 7.19. The van der Waals surface area contributed by atoms with Crippen molar-refractivity contribution < 1.29 is 19.4 Å². The Bertz CT molecular complexity index is 1340. The topological polar surface area (TPSA) is 80.7 Å². The molecule has 0 bridgehead atoms. The van der Waals surface area contributed by atoms with Crippen molar-refractivity contribution >= 4 is 40.7 Å². The van der Waals surface area contributed by atoms with E-state index in [0.717, 1.165) is 11.1 Å². The number of aliphatic hydroxyl groups is 1. The van der Waals surface area contributed by atoms with Gasteiger partial charge in [-0.1, -0.05) is 40.9 Å². The summed E-state index contributed by atoms with van der Waals surface area (Å²) < 4.78 is 11.7. The first-order valence-corrected chi connectivity index (χ1v) is 12.5. The molecule has 0 spiro atoms. The number of carbonyl (C=O) groups excluding carboxylic acids is 1. The number of pyridine rings is 1. The first-order valence-electron chi connectivity index (χ1n) is 11.4. The van der Waals surface area contributed by atoms with Crippen molar-refractivity contribution in [2.24, 2.45) is 0 Å². The van der Waals surface area contributed by atoms with Crippen molar-refractivity contribution in [3.63, 3.8) is 0 Å². The molecule has 1 aliphatic heterocycles. The van der Waals surface area contributed by atoms with Crippen LogP contribution in [0.3, 0.4) is 0 Å². The normalized spacial score (nSPS) is 16.6. The molecule has 0 fully saturated rings. The van der Waals surface area contributed by atoms with Crippen LogP contribution in [0.15, 0.2) is 42.5 Å². The van der Waals surface area contributed by atoms with Crippen LogP contribution in [0.2, 0.25) is 15.1 Å². The van der Waals surface area contributed by atoms with Gasteiger partial charge in [0, 0.05) is 28.1 Å². The van der Waals surface area contributed by atoms with Gasteiger partial charge in [-0.2, -0.15) is 0 Å². The Morgan fingerprint density at radius 2 is 1.83 bits per heavy atom. The molecule has 1 amide bonds. The first-order chi connectivity index (χ1) is 16.8. The smallest absolute Gasteiger partial charge is 0.251 e. The Balaban J connectivity index is 1.97. The monoisotopic (exact) mass is 548 g/mol. The molecule has 0 radical (unpaired) electrons. The highest BCUT2D eigenvalue weighted by Gasteiger charge is 2.38. The van der Waals surface area contributed by atoms with E-state index in [2.05, 4.69) is 5.32 Å². The average Bonchev–Trinajstić information content (AvgIpc) is 2.77. The summed E-state index contributed by atoms with van der Waals surface area (Å²) in [4.78, 5) is 17.6. The predicted molar refractivity (Wildman–Crippen MR) is 143 cm³/mol. The SMILES string of the molecule is COc1cc(-c2cc3c(nc2-c2ccc(Cl)cc2Cl)OC(C)(C)CC3NC(=O)C(C)(C)O)ccc1Cl. The zero-order chi connectivity index (χ0) is 26.4. The summed E-state index contributed by atoms with van der Waals surface area (Å²) >= 11 is 19.0. The number of amides is 1. The zero-order valence-corrected chi connectivity index (χ0v) is 22.8. The van der Waals surface area contributed by atoms with Gasteiger partial charge < -0.3 is 19.9 Å². The van der Waals surface area contributed by atoms with Crippen LogP contribution in [-0.4, -0.2) is 34.3 Å². The van der Waals surface area contributed by atoms with Crippen LogP contribution < -0.4 is 14.8 Å². The minimum atomic E-state index is -1.54. The van der Waals surface area contributed by atoms with Crippen LogP contribution in [0.1, 0.15) is 45.7 Å². The van der Waals surface area contributed by atoms with E-state index < -0.39 is 23.2 Å². The molecule has 1 unspecified atom stereocenters.